The zero-order valence-corrected chi connectivity index (χ0v) is 11.3. The number of aromatic nitrogens is 1. The lowest BCUT2D eigenvalue weighted by Gasteiger charge is -2.17. The molecule has 102 valence electrons. The molecule has 0 aliphatic heterocycles. The maximum atomic E-state index is 9.31. The molecule has 0 aliphatic carbocycles. The molecule has 0 amide bonds. The molecule has 5 nitrogen and oxygen atoms in total. The van der Waals surface area contributed by atoms with Crippen LogP contribution in [0.5, 0.6) is 5.88 Å². The molecule has 0 aliphatic rings. The number of aliphatic hydroxyl groups excluding tert-OH is 1. The summed E-state index contributed by atoms with van der Waals surface area (Å²) in [5, 5.41) is 12.5. The summed E-state index contributed by atoms with van der Waals surface area (Å²) in [6.45, 7) is 6.40. The zero-order chi connectivity index (χ0) is 13.5. The van der Waals surface area contributed by atoms with Crippen LogP contribution in [0.3, 0.4) is 0 Å². The summed E-state index contributed by atoms with van der Waals surface area (Å²) in [5.74, 6) is 1.18. The number of nitrogen functional groups attached to an aromatic ring is 1. The van der Waals surface area contributed by atoms with Crippen molar-refractivity contribution in [1.82, 2.24) is 4.98 Å². The van der Waals surface area contributed by atoms with Gasteiger partial charge in [0.1, 0.15) is 5.82 Å². The first kappa shape index (κ1) is 14.6. The maximum Gasteiger partial charge on any atom is 0.239 e. The van der Waals surface area contributed by atoms with E-state index in [4.69, 9.17) is 10.5 Å². The Bertz CT molecular complexity index is 369. The van der Waals surface area contributed by atoms with Crippen molar-refractivity contribution >= 4 is 11.5 Å². The topological polar surface area (TPSA) is 80.4 Å². The SMILES string of the molecule is CCCOc1nc(NC(C)CC(C)O)ccc1N. The van der Waals surface area contributed by atoms with Gasteiger partial charge >= 0.3 is 0 Å². The molecule has 1 aromatic heterocycles. The standard InChI is InChI=1S/C13H23N3O2/c1-4-7-18-13-11(14)5-6-12(16-13)15-9(2)8-10(3)17/h5-6,9-10,17H,4,7-8,14H2,1-3H3,(H,15,16). The number of nitrogens with one attached hydrogen (secondary N) is 1. The van der Waals surface area contributed by atoms with Crippen LogP contribution in [0, 0.1) is 0 Å². The van der Waals surface area contributed by atoms with Crippen LogP contribution in [0.15, 0.2) is 12.1 Å². The van der Waals surface area contributed by atoms with Crippen LogP contribution in [0.2, 0.25) is 0 Å². The third-order valence-corrected chi connectivity index (χ3v) is 2.42. The summed E-state index contributed by atoms with van der Waals surface area (Å²) in [6.07, 6.45) is 1.24. The minimum Gasteiger partial charge on any atom is -0.476 e. The third kappa shape index (κ3) is 4.79. The highest BCUT2D eigenvalue weighted by Gasteiger charge is 2.09. The van der Waals surface area contributed by atoms with Crippen molar-refractivity contribution in [2.24, 2.45) is 0 Å². The predicted molar refractivity (Wildman–Crippen MR) is 73.8 cm³/mol. The highest BCUT2D eigenvalue weighted by atomic mass is 16.5. The average Bonchev–Trinajstić information content (AvgIpc) is 2.28. The van der Waals surface area contributed by atoms with Gasteiger partial charge in [0.2, 0.25) is 5.88 Å². The molecule has 18 heavy (non-hydrogen) atoms. The van der Waals surface area contributed by atoms with Gasteiger partial charge in [0.25, 0.3) is 0 Å². The lowest BCUT2D eigenvalue weighted by atomic mass is 10.1. The van der Waals surface area contributed by atoms with Crippen LogP contribution in [-0.4, -0.2) is 28.8 Å². The number of nitrogens with zero attached hydrogens (tertiary/aromatic N) is 1. The van der Waals surface area contributed by atoms with E-state index < -0.39 is 0 Å². The van der Waals surface area contributed by atoms with Crippen LogP contribution in [0.4, 0.5) is 11.5 Å². The molecule has 1 rings (SSSR count). The third-order valence-electron chi connectivity index (χ3n) is 2.42. The van der Waals surface area contributed by atoms with Gasteiger partial charge in [-0.05, 0) is 38.8 Å². The molecule has 1 aromatic rings. The lowest BCUT2D eigenvalue weighted by molar-refractivity contribution is 0.179. The van der Waals surface area contributed by atoms with Crippen molar-refractivity contribution in [2.45, 2.75) is 45.8 Å². The Kier molecular flexibility index (Phi) is 5.71. The summed E-state index contributed by atoms with van der Waals surface area (Å²) in [6, 6.07) is 3.72. The number of hydrogen-bond acceptors (Lipinski definition) is 5. The van der Waals surface area contributed by atoms with E-state index in [1.165, 1.54) is 0 Å². The van der Waals surface area contributed by atoms with Gasteiger partial charge in [-0.2, -0.15) is 4.98 Å². The summed E-state index contributed by atoms with van der Waals surface area (Å²) >= 11 is 0. The molecule has 5 heteroatoms. The molecular formula is C13H23N3O2. The van der Waals surface area contributed by atoms with Gasteiger partial charge < -0.3 is 20.9 Å². The molecule has 4 N–H and O–H groups in total. The molecule has 0 radical (unpaired) electrons. The van der Waals surface area contributed by atoms with E-state index in [2.05, 4.69) is 10.3 Å². The molecule has 0 saturated carbocycles. The highest BCUT2D eigenvalue weighted by molar-refractivity contribution is 5.53. The van der Waals surface area contributed by atoms with Gasteiger partial charge in [-0.25, -0.2) is 0 Å². The van der Waals surface area contributed by atoms with Crippen LogP contribution >= 0.6 is 0 Å². The largest absolute Gasteiger partial charge is 0.476 e. The minimum absolute atomic E-state index is 0.139. The van der Waals surface area contributed by atoms with Crippen LogP contribution in [0.25, 0.3) is 0 Å². The van der Waals surface area contributed by atoms with E-state index >= 15 is 0 Å². The number of pyridine rings is 1. The van der Waals surface area contributed by atoms with Gasteiger partial charge in [-0.3, -0.25) is 0 Å². The summed E-state index contributed by atoms with van der Waals surface area (Å²) in [4.78, 5) is 4.32. The van der Waals surface area contributed by atoms with Crippen LogP contribution < -0.4 is 15.8 Å². The Morgan fingerprint density at radius 3 is 2.78 bits per heavy atom. The molecule has 0 fully saturated rings. The molecule has 0 saturated heterocycles. The number of anilines is 2. The van der Waals surface area contributed by atoms with Gasteiger partial charge in [-0.15, -0.1) is 0 Å². The fourth-order valence-electron chi connectivity index (χ4n) is 1.67. The first-order valence-electron chi connectivity index (χ1n) is 6.36. The van der Waals surface area contributed by atoms with Crippen molar-refractivity contribution in [2.75, 3.05) is 17.7 Å². The fourth-order valence-corrected chi connectivity index (χ4v) is 1.67. The first-order chi connectivity index (χ1) is 8.52. The van der Waals surface area contributed by atoms with Crippen molar-refractivity contribution < 1.29 is 9.84 Å². The van der Waals surface area contributed by atoms with E-state index in [0.29, 0.717) is 30.4 Å². The Labute approximate surface area is 108 Å². The quantitative estimate of drug-likeness (QED) is 0.692. The fraction of sp³-hybridized carbons (Fsp3) is 0.615. The summed E-state index contributed by atoms with van der Waals surface area (Å²) < 4.78 is 5.46. The molecular weight excluding hydrogens is 230 g/mol. The second-order valence-corrected chi connectivity index (χ2v) is 4.57. The van der Waals surface area contributed by atoms with Gasteiger partial charge in [-0.1, -0.05) is 6.92 Å². The monoisotopic (exact) mass is 253 g/mol. The Hall–Kier alpha value is -1.49. The van der Waals surface area contributed by atoms with E-state index in [9.17, 15) is 5.11 Å². The maximum absolute atomic E-state index is 9.31. The van der Waals surface area contributed by atoms with Crippen LogP contribution in [0.1, 0.15) is 33.6 Å². The number of nitrogens with two attached hydrogens (primary N) is 1. The summed E-state index contributed by atoms with van der Waals surface area (Å²) in [5.41, 5.74) is 6.33. The van der Waals surface area contributed by atoms with Crippen LogP contribution in [-0.2, 0) is 0 Å². The number of rotatable bonds is 7. The van der Waals surface area contributed by atoms with E-state index in [1.54, 1.807) is 13.0 Å². The smallest absolute Gasteiger partial charge is 0.239 e. The molecule has 0 bridgehead atoms. The molecule has 0 aromatic carbocycles. The Balaban J connectivity index is 2.66. The van der Waals surface area contributed by atoms with E-state index in [1.807, 2.05) is 19.9 Å². The molecule has 1 heterocycles. The van der Waals surface area contributed by atoms with Gasteiger partial charge in [0.05, 0.1) is 18.4 Å². The van der Waals surface area contributed by atoms with Gasteiger partial charge in [0.15, 0.2) is 0 Å². The molecule has 2 atom stereocenters. The minimum atomic E-state index is -0.336. The number of aliphatic hydroxyl groups is 1. The Morgan fingerprint density at radius 1 is 1.44 bits per heavy atom. The highest BCUT2D eigenvalue weighted by Crippen LogP contribution is 2.21. The van der Waals surface area contributed by atoms with Crippen molar-refractivity contribution in [1.29, 1.82) is 0 Å². The second-order valence-electron chi connectivity index (χ2n) is 4.57. The van der Waals surface area contributed by atoms with E-state index in [-0.39, 0.29) is 12.1 Å². The predicted octanol–water partition coefficient (Wildman–Crippen LogP) is 2.02. The normalized spacial score (nSPS) is 14.0. The van der Waals surface area contributed by atoms with Gasteiger partial charge in [0, 0.05) is 6.04 Å². The van der Waals surface area contributed by atoms with Crippen molar-refractivity contribution in [3.05, 3.63) is 12.1 Å². The van der Waals surface area contributed by atoms with Crippen molar-refractivity contribution in [3.8, 4) is 5.88 Å². The lowest BCUT2D eigenvalue weighted by Crippen LogP contribution is -2.21. The zero-order valence-electron chi connectivity index (χ0n) is 11.3. The first-order valence-corrected chi connectivity index (χ1v) is 6.36. The number of ether oxygens (including phenoxy) is 1. The number of hydrogen-bond donors (Lipinski definition) is 3. The Morgan fingerprint density at radius 2 is 2.17 bits per heavy atom. The van der Waals surface area contributed by atoms with E-state index in [0.717, 1.165) is 6.42 Å². The molecule has 2 unspecified atom stereocenters. The second kappa shape index (κ2) is 7.06. The average molecular weight is 253 g/mol. The summed E-state index contributed by atoms with van der Waals surface area (Å²) in [7, 11) is 0. The van der Waals surface area contributed by atoms with Crippen molar-refractivity contribution in [3.63, 3.8) is 0 Å². The molecule has 0 spiro atoms.